The first kappa shape index (κ1) is 26.1. The van der Waals surface area contributed by atoms with E-state index in [1.54, 1.807) is 30.5 Å². The van der Waals surface area contributed by atoms with Crippen molar-refractivity contribution >= 4 is 34.4 Å². The van der Waals surface area contributed by atoms with E-state index in [1.165, 1.54) is 16.7 Å². The molecule has 2 atom stereocenters. The van der Waals surface area contributed by atoms with Gasteiger partial charge in [-0.15, -0.1) is 0 Å². The Kier molecular flexibility index (Phi) is 6.41. The molecule has 3 saturated heterocycles. The summed E-state index contributed by atoms with van der Waals surface area (Å²) < 4.78 is 16.4. The van der Waals surface area contributed by atoms with Gasteiger partial charge in [0.1, 0.15) is 11.6 Å². The van der Waals surface area contributed by atoms with Crippen molar-refractivity contribution in [3.05, 3.63) is 87.8 Å². The van der Waals surface area contributed by atoms with E-state index in [0.29, 0.717) is 35.6 Å². The fraction of sp³-hybridized carbons (Fsp3) is 0.300. The molecule has 0 radical (unpaired) electrons. The first-order valence-corrected chi connectivity index (χ1v) is 13.6. The molecule has 1 amide bonds. The van der Waals surface area contributed by atoms with Crippen LogP contribution in [0.25, 0.3) is 28.0 Å². The van der Waals surface area contributed by atoms with Crippen molar-refractivity contribution in [2.45, 2.75) is 45.2 Å². The summed E-state index contributed by atoms with van der Waals surface area (Å²) in [6, 6.07) is 9.81. The van der Waals surface area contributed by atoms with Crippen LogP contribution in [0.15, 0.2) is 60.0 Å². The lowest BCUT2D eigenvalue weighted by Crippen LogP contribution is -2.70. The molecular formula is C30H28ClFN6O2. The van der Waals surface area contributed by atoms with Gasteiger partial charge in [0.05, 0.1) is 39.6 Å². The number of pyridine rings is 2. The summed E-state index contributed by atoms with van der Waals surface area (Å²) in [5, 5.41) is 0.800. The van der Waals surface area contributed by atoms with Gasteiger partial charge in [0, 0.05) is 24.8 Å². The Morgan fingerprint density at radius 2 is 1.90 bits per heavy atom. The molecule has 40 heavy (non-hydrogen) atoms. The number of aryl methyl sites for hydroxylation is 1. The molecule has 3 fully saturated rings. The minimum Gasteiger partial charge on any atom is -0.352 e. The third kappa shape index (κ3) is 4.07. The zero-order valence-electron chi connectivity index (χ0n) is 22.4. The van der Waals surface area contributed by atoms with E-state index in [0.717, 1.165) is 17.7 Å². The average molecular weight is 559 g/mol. The molecule has 0 saturated carbocycles. The normalized spacial score (nSPS) is 18.2. The minimum atomic E-state index is -0.520. The van der Waals surface area contributed by atoms with Crippen LogP contribution in [0.2, 0.25) is 5.02 Å². The van der Waals surface area contributed by atoms with Gasteiger partial charge in [-0.25, -0.2) is 18.7 Å². The second-order valence-electron chi connectivity index (χ2n) is 10.6. The van der Waals surface area contributed by atoms with Crippen LogP contribution < -0.4 is 10.6 Å². The molecule has 7 rings (SSSR count). The number of aromatic nitrogens is 4. The molecule has 1 aromatic carbocycles. The van der Waals surface area contributed by atoms with Crippen LogP contribution in [0.4, 0.5) is 10.2 Å². The second-order valence-corrected chi connectivity index (χ2v) is 11.0. The largest absolute Gasteiger partial charge is 0.355 e. The van der Waals surface area contributed by atoms with Crippen LogP contribution in [0.5, 0.6) is 0 Å². The minimum absolute atomic E-state index is 0.00207. The number of carbonyl (C=O) groups is 1. The number of piperazine rings is 1. The fourth-order valence-corrected chi connectivity index (χ4v) is 6.18. The number of hydrogen-bond donors (Lipinski definition) is 0. The molecule has 10 heteroatoms. The monoisotopic (exact) mass is 558 g/mol. The Balaban J connectivity index is 1.61. The first-order chi connectivity index (χ1) is 19.2. The predicted molar refractivity (Wildman–Crippen MR) is 154 cm³/mol. The van der Waals surface area contributed by atoms with Crippen LogP contribution in [0, 0.1) is 12.7 Å². The van der Waals surface area contributed by atoms with E-state index < -0.39 is 11.5 Å². The lowest BCUT2D eigenvalue weighted by atomic mass is 9.87. The van der Waals surface area contributed by atoms with Gasteiger partial charge in [-0.2, -0.15) is 4.98 Å². The van der Waals surface area contributed by atoms with E-state index in [1.807, 2.05) is 36.6 Å². The molecule has 3 aliphatic heterocycles. The van der Waals surface area contributed by atoms with Crippen LogP contribution in [-0.2, 0) is 4.79 Å². The van der Waals surface area contributed by atoms with Gasteiger partial charge in [0.25, 0.3) is 0 Å². The zero-order valence-corrected chi connectivity index (χ0v) is 23.2. The highest BCUT2D eigenvalue weighted by molar-refractivity contribution is 6.33. The van der Waals surface area contributed by atoms with E-state index in [2.05, 4.69) is 16.5 Å². The Morgan fingerprint density at radius 3 is 2.58 bits per heavy atom. The summed E-state index contributed by atoms with van der Waals surface area (Å²) >= 11 is 6.75. The lowest BCUT2D eigenvalue weighted by Gasteiger charge is -2.56. The van der Waals surface area contributed by atoms with Gasteiger partial charge in [-0.3, -0.25) is 9.78 Å². The van der Waals surface area contributed by atoms with E-state index in [4.69, 9.17) is 16.6 Å². The van der Waals surface area contributed by atoms with E-state index in [-0.39, 0.29) is 40.2 Å². The highest BCUT2D eigenvalue weighted by Gasteiger charge is 2.47. The number of benzene rings is 1. The van der Waals surface area contributed by atoms with Crippen molar-refractivity contribution in [3.8, 4) is 16.9 Å². The quantitative estimate of drug-likeness (QED) is 0.319. The summed E-state index contributed by atoms with van der Waals surface area (Å²) in [6.07, 6.45) is 3.93. The highest BCUT2D eigenvalue weighted by atomic mass is 35.5. The van der Waals surface area contributed by atoms with Gasteiger partial charge in [0.2, 0.25) is 5.91 Å². The molecule has 3 aromatic heterocycles. The van der Waals surface area contributed by atoms with Crippen molar-refractivity contribution in [2.24, 2.45) is 0 Å². The molecular weight excluding hydrogens is 531 g/mol. The van der Waals surface area contributed by atoms with Gasteiger partial charge in [0.15, 0.2) is 5.65 Å². The molecule has 0 N–H and O–H groups in total. The number of fused-ring (bicyclic) bond motifs is 3. The number of hydrogen-bond acceptors (Lipinski definition) is 6. The van der Waals surface area contributed by atoms with Crippen LogP contribution in [0.1, 0.15) is 37.4 Å². The van der Waals surface area contributed by atoms with Crippen molar-refractivity contribution in [2.75, 3.05) is 18.0 Å². The third-order valence-corrected chi connectivity index (χ3v) is 8.07. The lowest BCUT2D eigenvalue weighted by molar-refractivity contribution is -0.140. The summed E-state index contributed by atoms with van der Waals surface area (Å²) in [7, 11) is 0. The van der Waals surface area contributed by atoms with Crippen molar-refractivity contribution in [1.29, 1.82) is 0 Å². The topological polar surface area (TPSA) is 84.2 Å². The summed E-state index contributed by atoms with van der Waals surface area (Å²) in [5.41, 5.74) is 2.41. The Labute approximate surface area is 235 Å². The number of piperidine rings is 1. The van der Waals surface area contributed by atoms with Gasteiger partial charge >= 0.3 is 5.69 Å². The molecule has 8 nitrogen and oxygen atoms in total. The Bertz CT molecular complexity index is 1740. The highest BCUT2D eigenvalue weighted by Crippen LogP contribution is 2.39. The van der Waals surface area contributed by atoms with Crippen molar-refractivity contribution in [3.63, 3.8) is 0 Å². The number of halogens is 2. The van der Waals surface area contributed by atoms with Crippen LogP contribution >= 0.6 is 11.6 Å². The van der Waals surface area contributed by atoms with Crippen LogP contribution in [0.3, 0.4) is 0 Å². The number of anilines is 1. The number of carbonyl (C=O) groups excluding carboxylic acids is 1. The van der Waals surface area contributed by atoms with E-state index in [9.17, 15) is 14.0 Å². The maximum atomic E-state index is 14.9. The van der Waals surface area contributed by atoms with Gasteiger partial charge in [-0.1, -0.05) is 44.2 Å². The Hall–Kier alpha value is -4.11. The average Bonchev–Trinajstić information content (AvgIpc) is 2.93. The molecule has 4 aromatic rings. The van der Waals surface area contributed by atoms with Gasteiger partial charge in [-0.05, 0) is 55.2 Å². The second kappa shape index (κ2) is 9.82. The van der Waals surface area contributed by atoms with Crippen molar-refractivity contribution < 1.29 is 9.18 Å². The maximum absolute atomic E-state index is 14.9. The molecule has 6 heterocycles. The third-order valence-electron chi connectivity index (χ3n) is 7.78. The molecule has 2 bridgehead atoms. The molecule has 0 unspecified atom stereocenters. The fourth-order valence-electron chi connectivity index (χ4n) is 5.92. The first-order valence-electron chi connectivity index (χ1n) is 13.2. The van der Waals surface area contributed by atoms with E-state index >= 15 is 0 Å². The number of rotatable bonds is 5. The predicted octanol–water partition coefficient (Wildman–Crippen LogP) is 5.04. The summed E-state index contributed by atoms with van der Waals surface area (Å²) in [5.74, 6) is -0.110. The van der Waals surface area contributed by atoms with Crippen LogP contribution in [-0.4, -0.2) is 55.5 Å². The van der Waals surface area contributed by atoms with Crippen molar-refractivity contribution in [1.82, 2.24) is 24.4 Å². The summed E-state index contributed by atoms with van der Waals surface area (Å²) in [6.45, 7) is 10.6. The standard InChI is InChI=1S/C30H28ClFN6O2/c1-5-24(39)37-18-12-19(37)15-36(14-18)28-21-13-22(31)26(20-8-6-7-9-23(20)32)34-29(21)38(30(40)35-28)27-17(4)10-11-33-25(27)16(2)3/h5-11,13,16,18-19H,1,12,14-15H2,2-4H3/t18-,19+. The SMILES string of the molecule is C=CC(=O)N1[C@@H]2C[C@H]1CN(c1nc(=O)n(-c3c(C)ccnc3C(C)C)c3nc(-c4ccccc4F)c(Cl)cc13)C2. The zero-order chi connectivity index (χ0) is 28.3. The number of nitrogens with zero attached hydrogens (tertiary/aromatic N) is 6. The Morgan fingerprint density at radius 1 is 1.18 bits per heavy atom. The molecule has 0 spiro atoms. The molecule has 204 valence electrons. The smallest absolute Gasteiger partial charge is 0.352 e. The number of amides is 1. The molecule has 3 aliphatic rings. The molecule has 0 aliphatic carbocycles. The van der Waals surface area contributed by atoms with Gasteiger partial charge < -0.3 is 9.80 Å². The summed E-state index contributed by atoms with van der Waals surface area (Å²) in [4.78, 5) is 44.1. The maximum Gasteiger partial charge on any atom is 0.355 e.